The molecule has 0 radical (unpaired) electrons. The first-order valence-electron chi connectivity index (χ1n) is 7.39. The van der Waals surface area contributed by atoms with E-state index in [0.717, 1.165) is 25.1 Å². The molecule has 0 aliphatic carbocycles. The summed E-state index contributed by atoms with van der Waals surface area (Å²) in [5.41, 5.74) is 1.00. The molecule has 0 aromatic carbocycles. The third kappa shape index (κ3) is 3.24. The highest BCUT2D eigenvalue weighted by molar-refractivity contribution is 6.30. The van der Waals surface area contributed by atoms with Crippen molar-refractivity contribution < 1.29 is 4.79 Å². The first-order chi connectivity index (χ1) is 10.7. The molecule has 118 valence electrons. The van der Waals surface area contributed by atoms with Crippen molar-refractivity contribution in [2.45, 2.75) is 32.5 Å². The monoisotopic (exact) mass is 322 g/mol. The van der Waals surface area contributed by atoms with E-state index >= 15 is 0 Å². The Bertz CT molecular complexity index is 651. The maximum Gasteiger partial charge on any atom is 0.317 e. The molecule has 2 aromatic heterocycles. The maximum atomic E-state index is 12.2. The minimum atomic E-state index is -0.0509. The zero-order chi connectivity index (χ0) is 15.5. The fourth-order valence-corrected chi connectivity index (χ4v) is 2.76. The van der Waals surface area contributed by atoms with Crippen molar-refractivity contribution in [2.24, 2.45) is 0 Å². The predicted octanol–water partition coefficient (Wildman–Crippen LogP) is 1.91. The van der Waals surface area contributed by atoms with Crippen LogP contribution >= 0.6 is 11.6 Å². The molecule has 22 heavy (non-hydrogen) atoms. The van der Waals surface area contributed by atoms with Gasteiger partial charge in [-0.15, -0.1) is 0 Å². The van der Waals surface area contributed by atoms with Gasteiger partial charge in [0.05, 0.1) is 23.5 Å². The molecule has 0 saturated carbocycles. The van der Waals surface area contributed by atoms with Gasteiger partial charge in [0.1, 0.15) is 0 Å². The van der Waals surface area contributed by atoms with Crippen molar-refractivity contribution in [3.8, 4) is 0 Å². The van der Waals surface area contributed by atoms with Crippen molar-refractivity contribution in [1.82, 2.24) is 29.8 Å². The third-order valence-electron chi connectivity index (χ3n) is 3.85. The molecule has 1 fully saturated rings. The van der Waals surface area contributed by atoms with E-state index in [0.29, 0.717) is 18.1 Å². The summed E-state index contributed by atoms with van der Waals surface area (Å²) in [5.74, 6) is 0. The van der Waals surface area contributed by atoms with Crippen LogP contribution in [0.15, 0.2) is 24.8 Å². The van der Waals surface area contributed by atoms with Gasteiger partial charge in [0.15, 0.2) is 0 Å². The van der Waals surface area contributed by atoms with E-state index in [-0.39, 0.29) is 12.1 Å². The lowest BCUT2D eigenvalue weighted by Crippen LogP contribution is -2.38. The highest BCUT2D eigenvalue weighted by atomic mass is 35.5. The van der Waals surface area contributed by atoms with Crippen LogP contribution in [-0.4, -0.2) is 43.6 Å². The molecule has 3 rings (SSSR count). The summed E-state index contributed by atoms with van der Waals surface area (Å²) in [6.45, 7) is 4.73. The summed E-state index contributed by atoms with van der Waals surface area (Å²) in [5, 5.41) is 12.0. The molecule has 1 unspecified atom stereocenters. The molecule has 3 heterocycles. The average molecular weight is 323 g/mol. The van der Waals surface area contributed by atoms with Gasteiger partial charge in [-0.3, -0.25) is 9.36 Å². The molecule has 1 aliphatic heterocycles. The number of hydrogen-bond acceptors (Lipinski definition) is 3. The second-order valence-corrected chi connectivity index (χ2v) is 5.83. The number of carbonyl (C=O) groups is 1. The van der Waals surface area contributed by atoms with E-state index in [2.05, 4.69) is 15.5 Å². The van der Waals surface area contributed by atoms with Crippen molar-refractivity contribution >= 4 is 17.6 Å². The number of hydrogen-bond donors (Lipinski definition) is 1. The van der Waals surface area contributed by atoms with Crippen molar-refractivity contribution in [3.63, 3.8) is 0 Å². The summed E-state index contributed by atoms with van der Waals surface area (Å²) < 4.78 is 3.68. The average Bonchev–Trinajstić information content (AvgIpc) is 3.24. The Morgan fingerprint density at radius 1 is 1.41 bits per heavy atom. The number of nitrogens with zero attached hydrogens (tertiary/aromatic N) is 5. The number of nitrogens with one attached hydrogen (secondary N) is 1. The predicted molar refractivity (Wildman–Crippen MR) is 82.6 cm³/mol. The van der Waals surface area contributed by atoms with Gasteiger partial charge in [-0.25, -0.2) is 4.79 Å². The fraction of sp³-hybridized carbons (Fsp3) is 0.500. The van der Waals surface area contributed by atoms with E-state index < -0.39 is 0 Å². The quantitative estimate of drug-likeness (QED) is 0.935. The van der Waals surface area contributed by atoms with Crippen LogP contribution in [0, 0.1) is 0 Å². The van der Waals surface area contributed by atoms with Gasteiger partial charge < -0.3 is 10.2 Å². The molecular formula is C14H19ClN6O. The third-order valence-corrected chi connectivity index (χ3v) is 4.04. The lowest BCUT2D eigenvalue weighted by atomic mass is 10.3. The number of aryl methyl sites for hydroxylation is 1. The normalized spacial score (nSPS) is 17.9. The zero-order valence-electron chi connectivity index (χ0n) is 12.4. The molecule has 0 spiro atoms. The largest absolute Gasteiger partial charge is 0.334 e. The number of aromatic nitrogens is 4. The smallest absolute Gasteiger partial charge is 0.317 e. The van der Waals surface area contributed by atoms with E-state index in [9.17, 15) is 4.79 Å². The molecule has 2 amide bonds. The Labute approximate surface area is 133 Å². The van der Waals surface area contributed by atoms with Gasteiger partial charge in [-0.05, 0) is 13.3 Å². The molecule has 7 nitrogen and oxygen atoms in total. The van der Waals surface area contributed by atoms with Crippen molar-refractivity contribution in [1.29, 1.82) is 0 Å². The zero-order valence-corrected chi connectivity index (χ0v) is 13.2. The van der Waals surface area contributed by atoms with Crippen LogP contribution in [0.3, 0.4) is 0 Å². The van der Waals surface area contributed by atoms with Crippen LogP contribution in [0.2, 0.25) is 5.02 Å². The standard InChI is InChI=1S/C14H19ClN6O/c1-2-20-8-11(6-17-20)5-16-14(22)19-4-3-13(10-19)21-9-12(15)7-18-21/h6-9,13H,2-5,10H2,1H3,(H,16,22). The molecule has 0 bridgehead atoms. The molecule has 1 aliphatic rings. The molecule has 1 saturated heterocycles. The van der Waals surface area contributed by atoms with E-state index in [1.54, 1.807) is 18.6 Å². The van der Waals surface area contributed by atoms with Crippen LogP contribution in [-0.2, 0) is 13.1 Å². The summed E-state index contributed by atoms with van der Waals surface area (Å²) in [7, 11) is 0. The Balaban J connectivity index is 1.51. The SMILES string of the molecule is CCn1cc(CNC(=O)N2CCC(n3cc(Cl)cn3)C2)cn1. The Hall–Kier alpha value is -2.02. The number of urea groups is 1. The lowest BCUT2D eigenvalue weighted by molar-refractivity contribution is 0.206. The van der Waals surface area contributed by atoms with E-state index in [1.165, 1.54) is 0 Å². The van der Waals surface area contributed by atoms with E-state index in [1.807, 2.05) is 27.4 Å². The number of halogens is 1. The second kappa shape index (κ2) is 6.39. The summed E-state index contributed by atoms with van der Waals surface area (Å²) >= 11 is 5.89. The van der Waals surface area contributed by atoms with Gasteiger partial charge in [-0.2, -0.15) is 10.2 Å². The number of carbonyl (C=O) groups excluding carboxylic acids is 1. The van der Waals surface area contributed by atoms with Gasteiger partial charge >= 0.3 is 6.03 Å². The van der Waals surface area contributed by atoms with Crippen LogP contribution in [0.1, 0.15) is 24.9 Å². The van der Waals surface area contributed by atoms with Crippen LogP contribution in [0.4, 0.5) is 4.79 Å². The van der Waals surface area contributed by atoms with Gasteiger partial charge in [-0.1, -0.05) is 11.6 Å². The number of rotatable bonds is 4. The van der Waals surface area contributed by atoms with Crippen molar-refractivity contribution in [2.75, 3.05) is 13.1 Å². The van der Waals surface area contributed by atoms with Crippen LogP contribution in [0.25, 0.3) is 0 Å². The molecule has 8 heteroatoms. The first kappa shape index (κ1) is 14.9. The van der Waals surface area contributed by atoms with Gasteiger partial charge in [0, 0.05) is 44.1 Å². The maximum absolute atomic E-state index is 12.2. The Kier molecular flexibility index (Phi) is 4.33. The number of amides is 2. The summed E-state index contributed by atoms with van der Waals surface area (Å²) in [6.07, 6.45) is 8.03. The van der Waals surface area contributed by atoms with Gasteiger partial charge in [0.25, 0.3) is 0 Å². The minimum Gasteiger partial charge on any atom is -0.334 e. The fourth-order valence-electron chi connectivity index (χ4n) is 2.62. The lowest BCUT2D eigenvalue weighted by Gasteiger charge is -2.17. The topological polar surface area (TPSA) is 68.0 Å². The van der Waals surface area contributed by atoms with E-state index in [4.69, 9.17) is 11.6 Å². The second-order valence-electron chi connectivity index (χ2n) is 5.39. The first-order valence-corrected chi connectivity index (χ1v) is 7.77. The highest BCUT2D eigenvalue weighted by Gasteiger charge is 2.27. The Morgan fingerprint density at radius 2 is 2.27 bits per heavy atom. The minimum absolute atomic E-state index is 0.0509. The van der Waals surface area contributed by atoms with Crippen molar-refractivity contribution in [3.05, 3.63) is 35.4 Å². The molecular weight excluding hydrogens is 304 g/mol. The van der Waals surface area contributed by atoms with Gasteiger partial charge in [0.2, 0.25) is 0 Å². The summed E-state index contributed by atoms with van der Waals surface area (Å²) in [4.78, 5) is 14.0. The molecule has 2 aromatic rings. The number of likely N-dealkylation sites (tertiary alicyclic amines) is 1. The Morgan fingerprint density at radius 3 is 2.95 bits per heavy atom. The molecule has 1 atom stereocenters. The van der Waals surface area contributed by atoms with Crippen LogP contribution in [0.5, 0.6) is 0 Å². The highest BCUT2D eigenvalue weighted by Crippen LogP contribution is 2.22. The molecule has 1 N–H and O–H groups in total. The van der Waals surface area contributed by atoms with Crippen LogP contribution < -0.4 is 5.32 Å². The summed E-state index contributed by atoms with van der Waals surface area (Å²) in [6, 6.07) is 0.145.